The van der Waals surface area contributed by atoms with Crippen molar-refractivity contribution in [3.8, 4) is 0 Å². The predicted molar refractivity (Wildman–Crippen MR) is 99.7 cm³/mol. The number of rotatable bonds is 9. The third-order valence-electron chi connectivity index (χ3n) is 3.82. The Labute approximate surface area is 147 Å². The lowest BCUT2D eigenvalue weighted by atomic mass is 10.1. The summed E-state index contributed by atoms with van der Waals surface area (Å²) in [6.07, 6.45) is 5.57. The zero-order chi connectivity index (χ0) is 17.0. The van der Waals surface area contributed by atoms with Gasteiger partial charge in [-0.3, -0.25) is 4.79 Å². The highest BCUT2D eigenvalue weighted by atomic mass is 32.2. The summed E-state index contributed by atoms with van der Waals surface area (Å²) in [7, 11) is 0. The molecule has 0 fully saturated rings. The van der Waals surface area contributed by atoms with Gasteiger partial charge in [0.05, 0.1) is 0 Å². The number of thioether (sulfide) groups is 1. The van der Waals surface area contributed by atoms with Gasteiger partial charge in [0.2, 0.25) is 0 Å². The van der Waals surface area contributed by atoms with E-state index < -0.39 is 0 Å². The van der Waals surface area contributed by atoms with Gasteiger partial charge in [0, 0.05) is 12.3 Å². The van der Waals surface area contributed by atoms with Crippen molar-refractivity contribution in [3.05, 3.63) is 71.5 Å². The van der Waals surface area contributed by atoms with Crippen LogP contribution in [-0.4, -0.2) is 11.8 Å². The van der Waals surface area contributed by atoms with Gasteiger partial charge < -0.3 is 5.32 Å². The molecule has 0 atom stereocenters. The molecule has 0 spiro atoms. The first kappa shape index (κ1) is 18.5. The highest BCUT2D eigenvalue weighted by molar-refractivity contribution is 8.12. The molecule has 2 aromatic carbocycles. The van der Waals surface area contributed by atoms with Crippen LogP contribution < -0.4 is 5.32 Å². The second-order valence-electron chi connectivity index (χ2n) is 5.74. The largest absolute Gasteiger partial charge is 0.347 e. The van der Waals surface area contributed by atoms with E-state index in [0.29, 0.717) is 17.9 Å². The van der Waals surface area contributed by atoms with E-state index in [4.69, 9.17) is 0 Å². The molecule has 0 bridgehead atoms. The minimum absolute atomic E-state index is 0.0810. The number of amides is 1. The Balaban J connectivity index is 1.48. The number of hydrogen-bond donors (Lipinski definition) is 1. The number of nitrogens with one attached hydrogen (secondary N) is 1. The Morgan fingerprint density at radius 2 is 1.62 bits per heavy atom. The first-order valence-electron chi connectivity index (χ1n) is 8.43. The number of halogens is 1. The van der Waals surface area contributed by atoms with Gasteiger partial charge in [0.25, 0.3) is 5.24 Å². The molecule has 2 aromatic rings. The Morgan fingerprint density at radius 1 is 0.917 bits per heavy atom. The van der Waals surface area contributed by atoms with E-state index in [2.05, 4.69) is 29.6 Å². The number of carbonyl (C=O) groups is 1. The molecule has 1 N–H and O–H groups in total. The fourth-order valence-electron chi connectivity index (χ4n) is 2.45. The molecule has 1 amide bonds. The summed E-state index contributed by atoms with van der Waals surface area (Å²) in [5, 5.41) is 2.80. The molecule has 0 aromatic heterocycles. The van der Waals surface area contributed by atoms with Gasteiger partial charge in [0.15, 0.2) is 0 Å². The van der Waals surface area contributed by atoms with Crippen LogP contribution in [0.15, 0.2) is 54.6 Å². The second-order valence-corrected chi connectivity index (χ2v) is 6.69. The van der Waals surface area contributed by atoms with Crippen molar-refractivity contribution in [1.82, 2.24) is 5.32 Å². The standard InChI is InChI=1S/C20H24FNOS/c21-19-14-8-7-13-18(19)16-24-20(23)22-15-9-2-1-4-10-17-11-5-3-6-12-17/h3,5-8,11-14H,1-2,4,9-10,15-16H2,(H,22,23). The molecule has 0 aliphatic heterocycles. The summed E-state index contributed by atoms with van der Waals surface area (Å²) in [4.78, 5) is 11.7. The first-order valence-corrected chi connectivity index (χ1v) is 9.42. The van der Waals surface area contributed by atoms with Crippen LogP contribution in [0.5, 0.6) is 0 Å². The number of benzene rings is 2. The van der Waals surface area contributed by atoms with Crippen molar-refractivity contribution in [1.29, 1.82) is 0 Å². The van der Waals surface area contributed by atoms with E-state index in [9.17, 15) is 9.18 Å². The minimum Gasteiger partial charge on any atom is -0.347 e. The smallest absolute Gasteiger partial charge is 0.279 e. The van der Waals surface area contributed by atoms with Crippen molar-refractivity contribution >= 4 is 17.0 Å². The van der Waals surface area contributed by atoms with Gasteiger partial charge in [-0.05, 0) is 36.5 Å². The van der Waals surface area contributed by atoms with Crippen molar-refractivity contribution in [2.24, 2.45) is 0 Å². The molecule has 0 heterocycles. The van der Waals surface area contributed by atoms with Crippen LogP contribution in [0, 0.1) is 5.82 Å². The van der Waals surface area contributed by atoms with E-state index in [1.807, 2.05) is 6.07 Å². The summed E-state index contributed by atoms with van der Waals surface area (Å²) in [5.74, 6) is 0.117. The van der Waals surface area contributed by atoms with Crippen LogP contribution in [0.2, 0.25) is 0 Å². The van der Waals surface area contributed by atoms with Crippen LogP contribution in [0.1, 0.15) is 36.8 Å². The van der Waals surface area contributed by atoms with Gasteiger partial charge in [-0.15, -0.1) is 0 Å². The molecule has 0 aliphatic carbocycles. The predicted octanol–water partition coefficient (Wildman–Crippen LogP) is 5.57. The van der Waals surface area contributed by atoms with E-state index in [0.717, 1.165) is 31.0 Å². The van der Waals surface area contributed by atoms with Crippen LogP contribution >= 0.6 is 11.8 Å². The van der Waals surface area contributed by atoms with Gasteiger partial charge >= 0.3 is 0 Å². The Morgan fingerprint density at radius 3 is 2.42 bits per heavy atom. The number of hydrogen-bond acceptors (Lipinski definition) is 2. The van der Waals surface area contributed by atoms with Crippen LogP contribution in [0.4, 0.5) is 9.18 Å². The topological polar surface area (TPSA) is 29.1 Å². The Hall–Kier alpha value is -1.81. The molecule has 0 aliphatic rings. The number of carbonyl (C=O) groups excluding carboxylic acids is 1. The van der Waals surface area contributed by atoms with E-state index in [-0.39, 0.29) is 11.1 Å². The summed E-state index contributed by atoms with van der Waals surface area (Å²) in [5.41, 5.74) is 1.95. The van der Waals surface area contributed by atoms with Crippen LogP contribution in [0.25, 0.3) is 0 Å². The molecular formula is C20H24FNOS. The zero-order valence-electron chi connectivity index (χ0n) is 13.8. The molecule has 2 nitrogen and oxygen atoms in total. The molecule has 4 heteroatoms. The van der Waals surface area contributed by atoms with Crippen molar-refractivity contribution in [2.45, 2.75) is 37.9 Å². The molecule has 0 unspecified atom stereocenters. The van der Waals surface area contributed by atoms with E-state index in [1.165, 1.54) is 24.5 Å². The van der Waals surface area contributed by atoms with E-state index in [1.54, 1.807) is 18.2 Å². The molecule has 0 saturated heterocycles. The second kappa shape index (κ2) is 10.9. The zero-order valence-corrected chi connectivity index (χ0v) is 14.7. The van der Waals surface area contributed by atoms with Crippen LogP contribution in [-0.2, 0) is 12.2 Å². The summed E-state index contributed by atoms with van der Waals surface area (Å²) >= 11 is 1.12. The summed E-state index contributed by atoms with van der Waals surface area (Å²) in [6, 6.07) is 17.1. The first-order chi connectivity index (χ1) is 11.8. The lowest BCUT2D eigenvalue weighted by Crippen LogP contribution is -2.20. The number of aryl methyl sites for hydroxylation is 1. The monoisotopic (exact) mass is 345 g/mol. The molecule has 2 rings (SSSR count). The highest BCUT2D eigenvalue weighted by Gasteiger charge is 2.05. The maximum Gasteiger partial charge on any atom is 0.279 e. The summed E-state index contributed by atoms with van der Waals surface area (Å²) < 4.78 is 13.4. The average Bonchev–Trinajstić information content (AvgIpc) is 2.61. The molecular weight excluding hydrogens is 321 g/mol. The van der Waals surface area contributed by atoms with Gasteiger partial charge in [-0.25, -0.2) is 4.39 Å². The molecule has 0 radical (unpaired) electrons. The molecule has 128 valence electrons. The Bertz CT molecular complexity index is 618. The van der Waals surface area contributed by atoms with E-state index >= 15 is 0 Å². The van der Waals surface area contributed by atoms with Crippen molar-refractivity contribution < 1.29 is 9.18 Å². The summed E-state index contributed by atoms with van der Waals surface area (Å²) in [6.45, 7) is 0.689. The maximum absolute atomic E-state index is 13.4. The van der Waals surface area contributed by atoms with Gasteiger partial charge in [0.1, 0.15) is 5.82 Å². The highest BCUT2D eigenvalue weighted by Crippen LogP contribution is 2.15. The lowest BCUT2D eigenvalue weighted by molar-refractivity contribution is 0.260. The van der Waals surface area contributed by atoms with Gasteiger partial charge in [-0.1, -0.05) is 73.1 Å². The maximum atomic E-state index is 13.4. The Kier molecular flexibility index (Phi) is 8.39. The molecule has 0 saturated carbocycles. The lowest BCUT2D eigenvalue weighted by Gasteiger charge is -2.06. The van der Waals surface area contributed by atoms with Gasteiger partial charge in [-0.2, -0.15) is 0 Å². The average molecular weight is 345 g/mol. The normalized spacial score (nSPS) is 10.5. The van der Waals surface area contributed by atoms with Crippen molar-refractivity contribution in [2.75, 3.05) is 6.54 Å². The fraction of sp³-hybridized carbons (Fsp3) is 0.350. The fourth-order valence-corrected chi connectivity index (χ4v) is 3.18. The quantitative estimate of drug-likeness (QED) is 0.602. The van der Waals surface area contributed by atoms with Crippen molar-refractivity contribution in [3.63, 3.8) is 0 Å². The third kappa shape index (κ3) is 7.18. The minimum atomic E-state index is -0.254. The van der Waals surface area contributed by atoms with Crippen LogP contribution in [0.3, 0.4) is 0 Å². The SMILES string of the molecule is O=C(NCCCCCCc1ccccc1)SCc1ccccc1F. The number of unbranched alkanes of at least 4 members (excludes halogenated alkanes) is 3. The third-order valence-corrected chi connectivity index (χ3v) is 4.68. The molecule has 24 heavy (non-hydrogen) atoms.